The van der Waals surface area contributed by atoms with E-state index < -0.39 is 18.6 Å². The Morgan fingerprint density at radius 2 is 2.15 bits per heavy atom. The van der Waals surface area contributed by atoms with Crippen molar-refractivity contribution in [1.82, 2.24) is 9.78 Å². The Morgan fingerprint density at radius 3 is 2.81 bits per heavy atom. The van der Waals surface area contributed by atoms with E-state index in [0.717, 1.165) is 12.8 Å². The average molecular weight is 433 g/mol. The minimum absolute atomic E-state index is 0.00388. The molecule has 0 radical (unpaired) electrons. The second-order valence-electron chi connectivity index (χ2n) is 6.14. The number of hydrogen-bond acceptors (Lipinski definition) is 5. The molecule has 2 aromatic rings. The summed E-state index contributed by atoms with van der Waals surface area (Å²) in [6.45, 7) is -1.61. The molecule has 1 atom stereocenters. The molecule has 0 N–H and O–H groups in total. The number of rotatable bonds is 6. The maximum atomic E-state index is 12.6. The molecule has 1 aromatic carbocycles. The normalized spacial score (nSPS) is 16.8. The summed E-state index contributed by atoms with van der Waals surface area (Å²) in [5.41, 5.74) is 0.525. The van der Waals surface area contributed by atoms with Gasteiger partial charge in [-0.2, -0.15) is 13.9 Å². The molecule has 3 rings (SSSR count). The quantitative estimate of drug-likeness (QED) is 0.647. The van der Waals surface area contributed by atoms with Crippen LogP contribution in [0.1, 0.15) is 25.3 Å². The van der Waals surface area contributed by atoms with Crippen LogP contribution in [0.2, 0.25) is 0 Å². The Hall–Kier alpha value is -1.74. The number of carbonyl (C=O) groups excluding carboxylic acids is 1. The third-order valence-electron chi connectivity index (χ3n) is 4.53. The predicted molar refractivity (Wildman–Crippen MR) is 93.3 cm³/mol. The second-order valence-corrected chi connectivity index (χ2v) is 6.99. The highest BCUT2D eigenvalue weighted by Crippen LogP contribution is 2.34. The van der Waals surface area contributed by atoms with Crippen molar-refractivity contribution in [1.29, 1.82) is 0 Å². The van der Waals surface area contributed by atoms with E-state index in [4.69, 9.17) is 9.47 Å². The van der Waals surface area contributed by atoms with Gasteiger partial charge >= 0.3 is 12.6 Å². The highest BCUT2D eigenvalue weighted by Gasteiger charge is 2.29. The Balaban J connectivity index is 1.98. The van der Waals surface area contributed by atoms with Gasteiger partial charge in [0.15, 0.2) is 0 Å². The molecule has 0 aliphatic carbocycles. The maximum Gasteiger partial charge on any atom is 0.387 e. The van der Waals surface area contributed by atoms with Crippen molar-refractivity contribution >= 4 is 32.8 Å². The number of esters is 1. The SMILES string of the molecule is COC(=O)C(CC1CCOCC1)n1ncc2c(Br)cc(OC(F)F)cc21. The number of halogens is 3. The zero-order chi connectivity index (χ0) is 18.7. The van der Waals surface area contributed by atoms with Gasteiger partial charge in [-0.3, -0.25) is 4.68 Å². The molecular weight excluding hydrogens is 414 g/mol. The molecule has 0 amide bonds. The van der Waals surface area contributed by atoms with E-state index in [-0.39, 0.29) is 5.75 Å². The first-order valence-corrected chi connectivity index (χ1v) is 9.06. The lowest BCUT2D eigenvalue weighted by atomic mass is 9.92. The fourth-order valence-electron chi connectivity index (χ4n) is 3.23. The molecule has 26 heavy (non-hydrogen) atoms. The molecule has 1 fully saturated rings. The highest BCUT2D eigenvalue weighted by atomic mass is 79.9. The Bertz CT molecular complexity index is 777. The first-order chi connectivity index (χ1) is 12.5. The smallest absolute Gasteiger partial charge is 0.387 e. The number of benzene rings is 1. The van der Waals surface area contributed by atoms with E-state index in [2.05, 4.69) is 25.8 Å². The first kappa shape index (κ1) is 19.0. The second kappa shape index (κ2) is 8.30. The number of fused-ring (bicyclic) bond motifs is 1. The van der Waals surface area contributed by atoms with Gasteiger partial charge in [0.05, 0.1) is 18.8 Å². The van der Waals surface area contributed by atoms with Gasteiger partial charge < -0.3 is 14.2 Å². The third-order valence-corrected chi connectivity index (χ3v) is 5.19. The van der Waals surface area contributed by atoms with Crippen molar-refractivity contribution in [3.63, 3.8) is 0 Å². The standard InChI is InChI=1S/C17H19BrF2N2O4/c1-24-16(23)15(6-10-2-4-25-5-3-10)22-14-8-11(26-17(19)20)7-13(18)12(14)9-21-22/h7-10,15,17H,2-6H2,1H3. The van der Waals surface area contributed by atoms with Crippen molar-refractivity contribution < 1.29 is 27.8 Å². The minimum atomic E-state index is -2.94. The lowest BCUT2D eigenvalue weighted by Gasteiger charge is -2.26. The zero-order valence-electron chi connectivity index (χ0n) is 14.2. The van der Waals surface area contributed by atoms with Crippen molar-refractivity contribution in [3.8, 4) is 5.75 Å². The van der Waals surface area contributed by atoms with E-state index in [1.165, 1.54) is 23.9 Å². The Kier molecular flexibility index (Phi) is 6.08. The van der Waals surface area contributed by atoms with Crippen LogP contribution in [0, 0.1) is 5.92 Å². The van der Waals surface area contributed by atoms with E-state index in [1.54, 1.807) is 6.20 Å². The first-order valence-electron chi connectivity index (χ1n) is 8.26. The van der Waals surface area contributed by atoms with E-state index >= 15 is 0 Å². The van der Waals surface area contributed by atoms with Gasteiger partial charge in [-0.25, -0.2) is 4.79 Å². The van der Waals surface area contributed by atoms with Crippen LogP contribution in [0.15, 0.2) is 22.8 Å². The van der Waals surface area contributed by atoms with Crippen LogP contribution in [0.5, 0.6) is 5.75 Å². The van der Waals surface area contributed by atoms with Crippen LogP contribution in [-0.4, -0.2) is 42.7 Å². The number of ether oxygens (including phenoxy) is 3. The third kappa shape index (κ3) is 4.15. The Labute approximate surface area is 157 Å². The molecule has 6 nitrogen and oxygen atoms in total. The summed E-state index contributed by atoms with van der Waals surface area (Å²) < 4.78 is 42.1. The van der Waals surface area contributed by atoms with Gasteiger partial charge in [-0.05, 0) is 47.2 Å². The molecule has 9 heteroatoms. The molecule has 1 unspecified atom stereocenters. The maximum absolute atomic E-state index is 12.6. The fourth-order valence-corrected chi connectivity index (χ4v) is 3.76. The summed E-state index contributed by atoms with van der Waals surface area (Å²) >= 11 is 3.34. The van der Waals surface area contributed by atoms with Crippen molar-refractivity contribution in [2.75, 3.05) is 20.3 Å². The molecule has 0 bridgehead atoms. The monoisotopic (exact) mass is 432 g/mol. The lowest BCUT2D eigenvalue weighted by Crippen LogP contribution is -2.27. The molecule has 1 aliphatic heterocycles. The number of methoxy groups -OCH3 is 1. The highest BCUT2D eigenvalue weighted by molar-refractivity contribution is 9.10. The van der Waals surface area contributed by atoms with Gasteiger partial charge in [0.1, 0.15) is 11.8 Å². The summed E-state index contributed by atoms with van der Waals surface area (Å²) in [6.07, 6.45) is 3.85. The van der Waals surface area contributed by atoms with Gasteiger partial charge in [0.25, 0.3) is 0 Å². The molecule has 1 aromatic heterocycles. The van der Waals surface area contributed by atoms with Crippen molar-refractivity contribution in [2.45, 2.75) is 31.9 Å². The summed E-state index contributed by atoms with van der Waals surface area (Å²) in [5, 5.41) is 5.02. The van der Waals surface area contributed by atoms with Crippen LogP contribution >= 0.6 is 15.9 Å². The number of nitrogens with zero attached hydrogens (tertiary/aromatic N) is 2. The van der Waals surface area contributed by atoms with Crippen LogP contribution in [0.25, 0.3) is 10.9 Å². The van der Waals surface area contributed by atoms with E-state index in [1.807, 2.05) is 0 Å². The van der Waals surface area contributed by atoms with Crippen molar-refractivity contribution in [3.05, 3.63) is 22.8 Å². The number of alkyl halides is 2. The van der Waals surface area contributed by atoms with Gasteiger partial charge in [-0.15, -0.1) is 0 Å². The van der Waals surface area contributed by atoms with E-state index in [0.29, 0.717) is 40.9 Å². The average Bonchev–Trinajstić information content (AvgIpc) is 3.03. The van der Waals surface area contributed by atoms with Crippen LogP contribution in [0.4, 0.5) is 8.78 Å². The lowest BCUT2D eigenvalue weighted by molar-refractivity contribution is -0.145. The summed E-state index contributed by atoms with van der Waals surface area (Å²) in [5.74, 6) is -0.121. The summed E-state index contributed by atoms with van der Waals surface area (Å²) in [4.78, 5) is 12.4. The number of hydrogen-bond donors (Lipinski definition) is 0. The van der Waals surface area contributed by atoms with E-state index in [9.17, 15) is 13.6 Å². The molecule has 142 valence electrons. The molecule has 0 spiro atoms. The molecular formula is C17H19BrF2N2O4. The topological polar surface area (TPSA) is 62.6 Å². The summed E-state index contributed by atoms with van der Waals surface area (Å²) in [7, 11) is 1.33. The molecule has 1 saturated heterocycles. The van der Waals surface area contributed by atoms with Gasteiger partial charge in [0.2, 0.25) is 0 Å². The van der Waals surface area contributed by atoms with Crippen molar-refractivity contribution in [2.24, 2.45) is 5.92 Å². The minimum Gasteiger partial charge on any atom is -0.467 e. The fraction of sp³-hybridized carbons (Fsp3) is 0.529. The summed E-state index contributed by atoms with van der Waals surface area (Å²) in [6, 6.07) is 2.26. The molecule has 1 aliphatic rings. The zero-order valence-corrected chi connectivity index (χ0v) is 15.7. The van der Waals surface area contributed by atoms with Gasteiger partial charge in [-0.1, -0.05) is 0 Å². The predicted octanol–water partition coefficient (Wildman–Crippen LogP) is 3.93. The van der Waals surface area contributed by atoms with Gasteiger partial charge in [0, 0.05) is 29.1 Å². The van der Waals surface area contributed by atoms with Crippen LogP contribution < -0.4 is 4.74 Å². The Morgan fingerprint density at radius 1 is 1.42 bits per heavy atom. The van der Waals surface area contributed by atoms with Crippen LogP contribution in [0.3, 0.4) is 0 Å². The molecule has 2 heterocycles. The number of aromatic nitrogens is 2. The van der Waals surface area contributed by atoms with Crippen LogP contribution in [-0.2, 0) is 14.3 Å². The molecule has 0 saturated carbocycles. The largest absolute Gasteiger partial charge is 0.467 e. The number of carbonyl (C=O) groups is 1.